The molecule has 1 aromatic carbocycles. The van der Waals surface area contributed by atoms with Gasteiger partial charge in [-0.1, -0.05) is 38.1 Å². The van der Waals surface area contributed by atoms with Gasteiger partial charge in [0.1, 0.15) is 0 Å². The molecular formula is C16H21N3O. The molecule has 4 nitrogen and oxygen atoms in total. The fourth-order valence-corrected chi connectivity index (χ4v) is 2.10. The van der Waals surface area contributed by atoms with Gasteiger partial charge in [-0.05, 0) is 30.0 Å². The molecule has 0 fully saturated rings. The molecule has 106 valence electrons. The Morgan fingerprint density at radius 2 is 1.70 bits per heavy atom. The van der Waals surface area contributed by atoms with Crippen LogP contribution in [-0.4, -0.2) is 9.78 Å². The standard InChI is InChI=1S/C16H21N3O/c1-11(2)13-5-7-14(8-6-13)15(17)10-19-16(20)9-4-12(3)18-19/h4-9,11,15H,10,17H2,1-3H3. The summed E-state index contributed by atoms with van der Waals surface area (Å²) in [7, 11) is 0. The predicted molar refractivity (Wildman–Crippen MR) is 80.7 cm³/mol. The summed E-state index contributed by atoms with van der Waals surface area (Å²) in [6.45, 7) is 6.57. The molecule has 1 aromatic heterocycles. The van der Waals surface area contributed by atoms with Crippen molar-refractivity contribution in [3.8, 4) is 0 Å². The molecule has 0 amide bonds. The maximum atomic E-state index is 11.7. The minimum Gasteiger partial charge on any atom is -0.322 e. The highest BCUT2D eigenvalue weighted by molar-refractivity contribution is 5.26. The van der Waals surface area contributed by atoms with Crippen LogP contribution in [0.2, 0.25) is 0 Å². The predicted octanol–water partition coefficient (Wildman–Crippen LogP) is 2.38. The molecule has 1 unspecified atom stereocenters. The SMILES string of the molecule is Cc1ccc(=O)n(CC(N)c2ccc(C(C)C)cc2)n1. The Hall–Kier alpha value is -1.94. The molecule has 1 atom stereocenters. The average molecular weight is 271 g/mol. The fourth-order valence-electron chi connectivity index (χ4n) is 2.10. The van der Waals surface area contributed by atoms with Crippen molar-refractivity contribution in [3.63, 3.8) is 0 Å². The van der Waals surface area contributed by atoms with Gasteiger partial charge in [-0.2, -0.15) is 5.10 Å². The fraction of sp³-hybridized carbons (Fsp3) is 0.375. The summed E-state index contributed by atoms with van der Waals surface area (Å²) in [5.74, 6) is 0.501. The molecule has 0 aliphatic heterocycles. The summed E-state index contributed by atoms with van der Waals surface area (Å²) >= 11 is 0. The molecule has 2 rings (SSSR count). The molecule has 0 spiro atoms. The van der Waals surface area contributed by atoms with Gasteiger partial charge in [0.15, 0.2) is 0 Å². The molecule has 0 radical (unpaired) electrons. The molecule has 0 aliphatic carbocycles. The van der Waals surface area contributed by atoms with Crippen LogP contribution in [-0.2, 0) is 6.54 Å². The number of hydrogen-bond acceptors (Lipinski definition) is 3. The van der Waals surface area contributed by atoms with E-state index in [0.29, 0.717) is 12.5 Å². The first-order valence-electron chi connectivity index (χ1n) is 6.87. The highest BCUT2D eigenvalue weighted by atomic mass is 16.1. The van der Waals surface area contributed by atoms with Crippen molar-refractivity contribution in [2.24, 2.45) is 5.73 Å². The van der Waals surface area contributed by atoms with Crippen molar-refractivity contribution >= 4 is 0 Å². The van der Waals surface area contributed by atoms with E-state index in [0.717, 1.165) is 11.3 Å². The lowest BCUT2D eigenvalue weighted by Gasteiger charge is -2.14. The number of rotatable bonds is 4. The maximum Gasteiger partial charge on any atom is 0.266 e. The van der Waals surface area contributed by atoms with Gasteiger partial charge in [0, 0.05) is 12.1 Å². The summed E-state index contributed by atoms with van der Waals surface area (Å²) in [4.78, 5) is 11.7. The molecular weight excluding hydrogens is 250 g/mol. The van der Waals surface area contributed by atoms with E-state index in [-0.39, 0.29) is 11.6 Å². The van der Waals surface area contributed by atoms with E-state index < -0.39 is 0 Å². The lowest BCUT2D eigenvalue weighted by molar-refractivity contribution is 0.499. The van der Waals surface area contributed by atoms with Gasteiger partial charge < -0.3 is 5.73 Å². The Kier molecular flexibility index (Phi) is 4.35. The smallest absolute Gasteiger partial charge is 0.266 e. The second kappa shape index (κ2) is 6.01. The van der Waals surface area contributed by atoms with Crippen LogP contribution in [0.25, 0.3) is 0 Å². The average Bonchev–Trinajstić information content (AvgIpc) is 2.43. The van der Waals surface area contributed by atoms with Crippen LogP contribution < -0.4 is 11.3 Å². The number of aromatic nitrogens is 2. The Morgan fingerprint density at radius 3 is 2.30 bits per heavy atom. The highest BCUT2D eigenvalue weighted by Crippen LogP contribution is 2.18. The Morgan fingerprint density at radius 1 is 1.10 bits per heavy atom. The monoisotopic (exact) mass is 271 g/mol. The molecule has 0 bridgehead atoms. The van der Waals surface area contributed by atoms with Gasteiger partial charge >= 0.3 is 0 Å². The maximum absolute atomic E-state index is 11.7. The number of nitrogens with zero attached hydrogens (tertiary/aromatic N) is 2. The third-order valence-electron chi connectivity index (χ3n) is 3.40. The van der Waals surface area contributed by atoms with Gasteiger partial charge in [-0.3, -0.25) is 4.79 Å². The van der Waals surface area contributed by atoms with Crippen molar-refractivity contribution in [1.82, 2.24) is 9.78 Å². The zero-order valence-electron chi connectivity index (χ0n) is 12.2. The van der Waals surface area contributed by atoms with Crippen LogP contribution in [0.5, 0.6) is 0 Å². The Labute approximate surface area is 119 Å². The molecule has 2 N–H and O–H groups in total. The van der Waals surface area contributed by atoms with Crippen LogP contribution >= 0.6 is 0 Å². The zero-order valence-corrected chi connectivity index (χ0v) is 12.2. The van der Waals surface area contributed by atoms with E-state index in [9.17, 15) is 4.79 Å². The Bertz CT molecular complexity index is 629. The van der Waals surface area contributed by atoms with Crippen molar-refractivity contribution < 1.29 is 0 Å². The summed E-state index contributed by atoms with van der Waals surface area (Å²) in [6.07, 6.45) is 0. The third kappa shape index (κ3) is 3.33. The summed E-state index contributed by atoms with van der Waals surface area (Å²) in [5.41, 5.74) is 9.17. The second-order valence-electron chi connectivity index (χ2n) is 5.42. The normalized spacial score (nSPS) is 12.7. The van der Waals surface area contributed by atoms with Crippen LogP contribution in [0.1, 0.15) is 42.6 Å². The number of hydrogen-bond donors (Lipinski definition) is 1. The van der Waals surface area contributed by atoms with Crippen LogP contribution in [0.4, 0.5) is 0 Å². The first-order valence-corrected chi connectivity index (χ1v) is 6.87. The van der Waals surface area contributed by atoms with E-state index >= 15 is 0 Å². The lowest BCUT2D eigenvalue weighted by Crippen LogP contribution is -2.28. The van der Waals surface area contributed by atoms with Gasteiger partial charge in [-0.15, -0.1) is 0 Å². The van der Waals surface area contributed by atoms with E-state index in [1.54, 1.807) is 6.07 Å². The molecule has 1 heterocycles. The molecule has 0 saturated carbocycles. The van der Waals surface area contributed by atoms with Gasteiger partial charge in [0.05, 0.1) is 12.2 Å². The van der Waals surface area contributed by atoms with Crippen LogP contribution in [0.3, 0.4) is 0 Å². The molecule has 20 heavy (non-hydrogen) atoms. The minimum atomic E-state index is -0.233. The highest BCUT2D eigenvalue weighted by Gasteiger charge is 2.09. The molecule has 4 heteroatoms. The van der Waals surface area contributed by atoms with E-state index in [2.05, 4.69) is 31.1 Å². The summed E-state index contributed by atoms with van der Waals surface area (Å²) in [5, 5.41) is 4.21. The third-order valence-corrected chi connectivity index (χ3v) is 3.40. The van der Waals surface area contributed by atoms with Gasteiger partial charge in [0.25, 0.3) is 5.56 Å². The number of aryl methyl sites for hydroxylation is 1. The number of benzene rings is 1. The Balaban J connectivity index is 2.17. The second-order valence-corrected chi connectivity index (χ2v) is 5.42. The van der Waals surface area contributed by atoms with E-state index in [1.165, 1.54) is 16.3 Å². The van der Waals surface area contributed by atoms with Crippen molar-refractivity contribution in [1.29, 1.82) is 0 Å². The summed E-state index contributed by atoms with van der Waals surface area (Å²) in [6, 6.07) is 11.2. The number of nitrogens with two attached hydrogens (primary N) is 1. The van der Waals surface area contributed by atoms with Gasteiger partial charge in [-0.25, -0.2) is 4.68 Å². The first-order chi connectivity index (χ1) is 9.47. The topological polar surface area (TPSA) is 60.9 Å². The molecule has 0 saturated heterocycles. The van der Waals surface area contributed by atoms with Crippen LogP contribution in [0, 0.1) is 6.92 Å². The van der Waals surface area contributed by atoms with Crippen molar-refractivity contribution in [2.75, 3.05) is 0 Å². The minimum absolute atomic E-state index is 0.121. The summed E-state index contributed by atoms with van der Waals surface area (Å²) < 4.78 is 1.43. The van der Waals surface area contributed by atoms with Crippen molar-refractivity contribution in [2.45, 2.75) is 39.3 Å². The molecule has 0 aliphatic rings. The van der Waals surface area contributed by atoms with Crippen LogP contribution in [0.15, 0.2) is 41.2 Å². The van der Waals surface area contributed by atoms with Crippen molar-refractivity contribution in [3.05, 3.63) is 63.6 Å². The molecule has 2 aromatic rings. The first kappa shape index (κ1) is 14.5. The quantitative estimate of drug-likeness (QED) is 0.928. The van der Waals surface area contributed by atoms with E-state index in [4.69, 9.17) is 5.73 Å². The largest absolute Gasteiger partial charge is 0.322 e. The zero-order chi connectivity index (χ0) is 14.7. The lowest BCUT2D eigenvalue weighted by atomic mass is 9.99. The van der Waals surface area contributed by atoms with Gasteiger partial charge in [0.2, 0.25) is 0 Å². The van der Waals surface area contributed by atoms with E-state index in [1.807, 2.05) is 19.1 Å².